The van der Waals surface area contributed by atoms with Gasteiger partial charge in [0.25, 0.3) is 5.56 Å². The molecule has 0 radical (unpaired) electrons. The van der Waals surface area contributed by atoms with E-state index in [4.69, 9.17) is 24.3 Å². The molecule has 14 heteroatoms. The number of nitrogens with zero attached hydrogens (tertiary/aromatic N) is 4. The van der Waals surface area contributed by atoms with Gasteiger partial charge >= 0.3 is 13.3 Å². The van der Waals surface area contributed by atoms with E-state index in [1.54, 1.807) is 13.8 Å². The molecule has 0 aromatic carbocycles. The van der Waals surface area contributed by atoms with Crippen LogP contribution in [-0.4, -0.2) is 65.3 Å². The Labute approximate surface area is 267 Å². The van der Waals surface area contributed by atoms with Crippen LogP contribution in [0.5, 0.6) is 0 Å². The van der Waals surface area contributed by atoms with Crippen molar-refractivity contribution in [3.8, 4) is 0 Å². The number of aryl methyl sites for hydroxylation is 1. The number of aromatic nitrogens is 2. The summed E-state index contributed by atoms with van der Waals surface area (Å²) in [5.74, 6) is 0. The molecule has 2 rings (SSSR count). The molecule has 13 nitrogen and oxygen atoms in total. The fourth-order valence-electron chi connectivity index (χ4n) is 5.53. The van der Waals surface area contributed by atoms with E-state index < -0.39 is 43.3 Å². The molecule has 0 aliphatic carbocycles. The molecular formula is C31H56N5O8P. The summed E-state index contributed by atoms with van der Waals surface area (Å²) < 4.78 is 36.8. The highest BCUT2D eigenvalue weighted by Crippen LogP contribution is 2.44. The summed E-state index contributed by atoms with van der Waals surface area (Å²) in [5.41, 5.74) is 8.13. The van der Waals surface area contributed by atoms with Crippen molar-refractivity contribution in [3.05, 3.63) is 43.0 Å². The van der Waals surface area contributed by atoms with Crippen molar-refractivity contribution < 1.29 is 28.2 Å². The van der Waals surface area contributed by atoms with E-state index in [9.17, 15) is 19.0 Å². The monoisotopic (exact) mass is 657 g/mol. The van der Waals surface area contributed by atoms with Gasteiger partial charge in [0.1, 0.15) is 6.23 Å². The van der Waals surface area contributed by atoms with Gasteiger partial charge in [0, 0.05) is 36.3 Å². The van der Waals surface area contributed by atoms with E-state index in [0.29, 0.717) is 18.8 Å². The molecule has 2 N–H and O–H groups in total. The molecule has 0 spiro atoms. The van der Waals surface area contributed by atoms with Crippen LogP contribution in [0.1, 0.15) is 122 Å². The van der Waals surface area contributed by atoms with E-state index in [1.165, 1.54) is 87.8 Å². The fraction of sp³-hybridized carbons (Fsp3) is 0.871. The van der Waals surface area contributed by atoms with Gasteiger partial charge in [-0.2, -0.15) is 0 Å². The molecule has 0 amide bonds. The fourth-order valence-corrected chi connectivity index (χ4v) is 6.74. The van der Waals surface area contributed by atoms with Gasteiger partial charge in [-0.3, -0.25) is 18.9 Å². The number of aromatic amines is 1. The van der Waals surface area contributed by atoms with Gasteiger partial charge in [-0.05, 0) is 25.8 Å². The Kier molecular flexibility index (Phi) is 19.6. The van der Waals surface area contributed by atoms with E-state index in [2.05, 4.69) is 21.9 Å². The van der Waals surface area contributed by atoms with Crippen LogP contribution < -0.4 is 11.2 Å². The van der Waals surface area contributed by atoms with Crippen molar-refractivity contribution in [1.82, 2.24) is 9.55 Å². The topological polar surface area (TPSA) is 178 Å². The smallest absolute Gasteiger partial charge is 0.330 e. The molecule has 1 saturated heterocycles. The van der Waals surface area contributed by atoms with Gasteiger partial charge in [-0.15, -0.1) is 0 Å². The molecule has 258 valence electrons. The second-order valence-corrected chi connectivity index (χ2v) is 13.9. The zero-order chi connectivity index (χ0) is 32.9. The van der Waals surface area contributed by atoms with Crippen LogP contribution in [0.15, 0.2) is 20.9 Å². The average Bonchev–Trinajstić information content (AvgIpc) is 3.40. The second kappa shape index (κ2) is 22.5. The molecule has 0 bridgehead atoms. The van der Waals surface area contributed by atoms with Gasteiger partial charge < -0.3 is 23.6 Å². The quantitative estimate of drug-likeness (QED) is 0.0354. The molecule has 0 saturated carbocycles. The highest BCUT2D eigenvalue weighted by molar-refractivity contribution is 7.52. The molecule has 5 atom stereocenters. The van der Waals surface area contributed by atoms with Crippen LogP contribution in [0.3, 0.4) is 0 Å². The molecule has 1 aliphatic heterocycles. The summed E-state index contributed by atoms with van der Waals surface area (Å²) in [5, 5.41) is 3.72. The minimum absolute atomic E-state index is 0.133. The predicted octanol–water partition coefficient (Wildman–Crippen LogP) is 6.92. The summed E-state index contributed by atoms with van der Waals surface area (Å²) in [7, 11) is -4.12. The molecule has 1 fully saturated rings. The molecule has 1 aromatic heterocycles. The standard InChI is InChI=1S/C31H56N5O8P/c1-4-6-7-8-9-10-11-12-13-14-15-16-17-18-19-41-22-26(42-5-2)24-45(39,40)43-23-28-27(34-35-32)20-29(44-28)36-21-25(3)30(37)33-31(36)38/h21,26-29H,4-20,22-24H2,1-3H3,(H,39,40)(H,33,37,38)/t26?,27?,28-,29-/m1/s1. The van der Waals surface area contributed by atoms with Gasteiger partial charge in [0.05, 0.1) is 37.6 Å². The maximum absolute atomic E-state index is 12.9. The van der Waals surface area contributed by atoms with Crippen LogP contribution in [0.4, 0.5) is 0 Å². The Hall–Kier alpha value is -1.98. The molecule has 3 unspecified atom stereocenters. The van der Waals surface area contributed by atoms with E-state index >= 15 is 0 Å². The van der Waals surface area contributed by atoms with Crippen molar-refractivity contribution in [2.75, 3.05) is 32.6 Å². The number of rotatable bonds is 26. The van der Waals surface area contributed by atoms with Crippen molar-refractivity contribution >= 4 is 7.60 Å². The van der Waals surface area contributed by atoms with Crippen molar-refractivity contribution in [1.29, 1.82) is 0 Å². The first-order valence-electron chi connectivity index (χ1n) is 16.9. The third-order valence-electron chi connectivity index (χ3n) is 8.08. The number of ether oxygens (including phenoxy) is 3. The van der Waals surface area contributed by atoms with Gasteiger partial charge in [-0.25, -0.2) is 4.79 Å². The lowest BCUT2D eigenvalue weighted by molar-refractivity contribution is -0.0262. The highest BCUT2D eigenvalue weighted by atomic mass is 31.2. The lowest BCUT2D eigenvalue weighted by Gasteiger charge is -2.22. The van der Waals surface area contributed by atoms with Crippen molar-refractivity contribution in [2.45, 2.75) is 142 Å². The van der Waals surface area contributed by atoms with Gasteiger partial charge in [-0.1, -0.05) is 95.5 Å². The molecule has 1 aromatic rings. The second-order valence-electron chi connectivity index (χ2n) is 12.0. The average molecular weight is 658 g/mol. The van der Waals surface area contributed by atoms with Crippen LogP contribution in [0.25, 0.3) is 10.4 Å². The van der Waals surface area contributed by atoms with Gasteiger partial charge in [0.2, 0.25) is 0 Å². The van der Waals surface area contributed by atoms with Crippen LogP contribution in [0, 0.1) is 6.92 Å². The Bertz CT molecular complexity index is 1170. The molecule has 45 heavy (non-hydrogen) atoms. The number of hydrogen-bond donors (Lipinski definition) is 2. The molecule has 2 heterocycles. The Balaban J connectivity index is 1.66. The Morgan fingerprint density at radius 1 is 1.07 bits per heavy atom. The first kappa shape index (κ1) is 39.2. The summed E-state index contributed by atoms with van der Waals surface area (Å²) in [6.07, 6.45) is 16.9. The summed E-state index contributed by atoms with van der Waals surface area (Å²) >= 11 is 0. The van der Waals surface area contributed by atoms with Crippen LogP contribution >= 0.6 is 7.60 Å². The lowest BCUT2D eigenvalue weighted by Crippen LogP contribution is -2.33. The number of hydrogen-bond acceptors (Lipinski definition) is 8. The largest absolute Gasteiger partial charge is 0.379 e. The highest BCUT2D eigenvalue weighted by Gasteiger charge is 2.38. The predicted molar refractivity (Wildman–Crippen MR) is 175 cm³/mol. The molecular weight excluding hydrogens is 601 g/mol. The number of azide groups is 1. The minimum atomic E-state index is -4.12. The van der Waals surface area contributed by atoms with Gasteiger partial charge in [0.15, 0.2) is 0 Å². The first-order chi connectivity index (χ1) is 21.7. The third-order valence-corrected chi connectivity index (χ3v) is 9.50. The van der Waals surface area contributed by atoms with Crippen LogP contribution in [0.2, 0.25) is 0 Å². The van der Waals surface area contributed by atoms with E-state index in [0.717, 1.165) is 12.8 Å². The maximum Gasteiger partial charge on any atom is 0.330 e. The normalized spacial score (nSPS) is 20.1. The zero-order valence-corrected chi connectivity index (χ0v) is 28.5. The summed E-state index contributed by atoms with van der Waals surface area (Å²) in [6.45, 7) is 6.38. The van der Waals surface area contributed by atoms with Crippen molar-refractivity contribution in [3.63, 3.8) is 0 Å². The first-order valence-corrected chi connectivity index (χ1v) is 18.6. The third kappa shape index (κ3) is 15.9. The lowest BCUT2D eigenvalue weighted by atomic mass is 10.0. The molecule has 1 aliphatic rings. The van der Waals surface area contributed by atoms with Crippen LogP contribution in [-0.2, 0) is 23.3 Å². The number of unbranched alkanes of at least 4 members (excludes halogenated alkanes) is 13. The van der Waals surface area contributed by atoms with Crippen molar-refractivity contribution in [2.24, 2.45) is 5.11 Å². The van der Waals surface area contributed by atoms with E-state index in [1.807, 2.05) is 0 Å². The van der Waals surface area contributed by atoms with E-state index in [-0.39, 0.29) is 25.8 Å². The zero-order valence-electron chi connectivity index (χ0n) is 27.6. The minimum Gasteiger partial charge on any atom is -0.379 e. The SMILES string of the molecule is CCCCCCCCCCCCCCCCOCC(CP(=O)(O)OC[C@H]1O[C@@H](n2cc(C)c(=O)[nH]c2=O)CC1N=[N+]=[N-])OCC. The maximum atomic E-state index is 12.9. The Morgan fingerprint density at radius 2 is 1.67 bits per heavy atom. The summed E-state index contributed by atoms with van der Waals surface area (Å²) in [4.78, 5) is 39.6. The number of nitrogens with one attached hydrogen (secondary N) is 1. The Morgan fingerprint density at radius 3 is 2.24 bits per heavy atom. The number of H-pyrrole nitrogens is 1. The summed E-state index contributed by atoms with van der Waals surface area (Å²) in [6, 6.07) is -0.740.